The molecule has 0 radical (unpaired) electrons. The first-order valence-corrected chi connectivity index (χ1v) is 4.58. The van der Waals surface area contributed by atoms with Crippen LogP contribution in [0.1, 0.15) is 32.6 Å². The largest absolute Gasteiger partial charge is 0.300 e. The summed E-state index contributed by atoms with van der Waals surface area (Å²) in [5.74, 6) is 0.488. The van der Waals surface area contributed by atoms with Crippen molar-refractivity contribution in [3.8, 4) is 0 Å². The van der Waals surface area contributed by atoms with Gasteiger partial charge in [0, 0.05) is 24.9 Å². The molecule has 0 aromatic carbocycles. The molecule has 0 N–H and O–H groups in total. The third-order valence-electron chi connectivity index (χ3n) is 3.06. The highest BCUT2D eigenvalue weighted by Gasteiger charge is 2.38. The van der Waals surface area contributed by atoms with E-state index >= 15 is 0 Å². The Balaban J connectivity index is 2.12. The molecule has 2 atom stereocenters. The van der Waals surface area contributed by atoms with Crippen molar-refractivity contribution in [3.05, 3.63) is 0 Å². The normalized spacial score (nSPS) is 38.1. The lowest BCUT2D eigenvalue weighted by molar-refractivity contribution is -0.123. The molecule has 0 aromatic heterocycles. The van der Waals surface area contributed by atoms with Crippen LogP contribution in [0.5, 0.6) is 0 Å². The SMILES string of the molecule is CCN1[C@@H]2CC[C@@H]1CC(=O)C2. The van der Waals surface area contributed by atoms with Gasteiger partial charge in [0.2, 0.25) is 0 Å². The Hall–Kier alpha value is -0.370. The molecule has 2 aliphatic heterocycles. The highest BCUT2D eigenvalue weighted by Crippen LogP contribution is 2.33. The zero-order valence-electron chi connectivity index (χ0n) is 7.05. The second-order valence-corrected chi connectivity index (χ2v) is 3.66. The molecule has 2 fully saturated rings. The minimum absolute atomic E-state index is 0.488. The van der Waals surface area contributed by atoms with Gasteiger partial charge in [0.05, 0.1) is 0 Å². The number of hydrogen-bond acceptors (Lipinski definition) is 2. The van der Waals surface area contributed by atoms with Gasteiger partial charge >= 0.3 is 0 Å². The zero-order chi connectivity index (χ0) is 7.84. The molecule has 2 aliphatic rings. The van der Waals surface area contributed by atoms with Gasteiger partial charge < -0.3 is 0 Å². The van der Waals surface area contributed by atoms with Gasteiger partial charge in [-0.1, -0.05) is 6.92 Å². The molecule has 11 heavy (non-hydrogen) atoms. The lowest BCUT2D eigenvalue weighted by atomic mass is 10.0. The highest BCUT2D eigenvalue weighted by atomic mass is 16.1. The monoisotopic (exact) mass is 153 g/mol. The fourth-order valence-corrected chi connectivity index (χ4v) is 2.58. The molecule has 2 bridgehead atoms. The van der Waals surface area contributed by atoms with E-state index in [1.165, 1.54) is 12.8 Å². The van der Waals surface area contributed by atoms with E-state index in [1.807, 2.05) is 0 Å². The summed E-state index contributed by atoms with van der Waals surface area (Å²) >= 11 is 0. The molecule has 2 saturated heterocycles. The summed E-state index contributed by atoms with van der Waals surface area (Å²) in [6, 6.07) is 1.21. The lowest BCUT2D eigenvalue weighted by Crippen LogP contribution is -2.42. The summed E-state index contributed by atoms with van der Waals surface area (Å²) < 4.78 is 0. The van der Waals surface area contributed by atoms with Crippen molar-refractivity contribution in [2.45, 2.75) is 44.7 Å². The molecule has 0 aromatic rings. The predicted octanol–water partition coefficient (Wildman–Crippen LogP) is 1.20. The van der Waals surface area contributed by atoms with E-state index in [0.717, 1.165) is 19.4 Å². The molecule has 62 valence electrons. The smallest absolute Gasteiger partial charge is 0.136 e. The van der Waals surface area contributed by atoms with Crippen molar-refractivity contribution in [2.75, 3.05) is 6.54 Å². The maximum Gasteiger partial charge on any atom is 0.136 e. The Morgan fingerprint density at radius 3 is 2.36 bits per heavy atom. The second kappa shape index (κ2) is 2.59. The number of carbonyl (C=O) groups is 1. The number of piperidine rings is 1. The van der Waals surface area contributed by atoms with Crippen LogP contribution in [0.15, 0.2) is 0 Å². The van der Waals surface area contributed by atoms with Crippen LogP contribution in [0.4, 0.5) is 0 Å². The molecule has 2 rings (SSSR count). The molecule has 0 saturated carbocycles. The van der Waals surface area contributed by atoms with Gasteiger partial charge in [-0.2, -0.15) is 0 Å². The van der Waals surface area contributed by atoms with Crippen molar-refractivity contribution >= 4 is 5.78 Å². The van der Waals surface area contributed by atoms with Crippen LogP contribution in [-0.4, -0.2) is 29.3 Å². The summed E-state index contributed by atoms with van der Waals surface area (Å²) in [7, 11) is 0. The first-order valence-electron chi connectivity index (χ1n) is 4.58. The average molecular weight is 153 g/mol. The number of nitrogens with zero attached hydrogens (tertiary/aromatic N) is 1. The van der Waals surface area contributed by atoms with Crippen molar-refractivity contribution in [2.24, 2.45) is 0 Å². The van der Waals surface area contributed by atoms with Gasteiger partial charge in [0.25, 0.3) is 0 Å². The molecule has 0 unspecified atom stereocenters. The Bertz CT molecular complexity index is 162. The van der Waals surface area contributed by atoms with E-state index in [1.54, 1.807) is 0 Å². The standard InChI is InChI=1S/C9H15NO/c1-2-10-7-3-4-8(10)6-9(11)5-7/h7-8H,2-6H2,1H3/t7-,8-/m1/s1. The number of hydrogen-bond donors (Lipinski definition) is 0. The van der Waals surface area contributed by atoms with Crippen molar-refractivity contribution in [1.29, 1.82) is 0 Å². The van der Waals surface area contributed by atoms with Crippen LogP contribution in [-0.2, 0) is 4.79 Å². The first-order chi connectivity index (χ1) is 5.31. The Morgan fingerprint density at radius 2 is 1.91 bits per heavy atom. The summed E-state index contributed by atoms with van der Waals surface area (Å²) in [6.45, 7) is 3.32. The van der Waals surface area contributed by atoms with E-state index in [-0.39, 0.29) is 0 Å². The third kappa shape index (κ3) is 1.09. The van der Waals surface area contributed by atoms with Crippen LogP contribution >= 0.6 is 0 Å². The Labute approximate surface area is 67.6 Å². The van der Waals surface area contributed by atoms with Gasteiger partial charge in [0.15, 0.2) is 0 Å². The summed E-state index contributed by atoms with van der Waals surface area (Å²) in [5, 5.41) is 0. The van der Waals surface area contributed by atoms with Gasteiger partial charge in [-0.25, -0.2) is 0 Å². The van der Waals surface area contributed by atoms with Crippen molar-refractivity contribution < 1.29 is 4.79 Å². The number of fused-ring (bicyclic) bond motifs is 2. The Kier molecular flexibility index (Phi) is 1.72. The molecule has 0 aliphatic carbocycles. The van der Waals surface area contributed by atoms with E-state index < -0.39 is 0 Å². The number of rotatable bonds is 1. The molecular formula is C9H15NO. The summed E-state index contributed by atoms with van der Waals surface area (Å²) in [6.07, 6.45) is 4.16. The lowest BCUT2D eigenvalue weighted by Gasteiger charge is -2.32. The van der Waals surface area contributed by atoms with Crippen molar-refractivity contribution in [1.82, 2.24) is 4.90 Å². The van der Waals surface area contributed by atoms with E-state index in [9.17, 15) is 4.79 Å². The second-order valence-electron chi connectivity index (χ2n) is 3.66. The van der Waals surface area contributed by atoms with Gasteiger partial charge in [0.1, 0.15) is 5.78 Å². The fourth-order valence-electron chi connectivity index (χ4n) is 2.58. The topological polar surface area (TPSA) is 20.3 Å². The molecule has 2 heterocycles. The molecule has 0 amide bonds. The molecule has 2 nitrogen and oxygen atoms in total. The van der Waals surface area contributed by atoms with Crippen LogP contribution < -0.4 is 0 Å². The highest BCUT2D eigenvalue weighted by molar-refractivity contribution is 5.80. The van der Waals surface area contributed by atoms with Crippen LogP contribution in [0.2, 0.25) is 0 Å². The van der Waals surface area contributed by atoms with Gasteiger partial charge in [-0.05, 0) is 19.4 Å². The predicted molar refractivity (Wildman–Crippen MR) is 43.4 cm³/mol. The van der Waals surface area contributed by atoms with Crippen LogP contribution in [0.25, 0.3) is 0 Å². The van der Waals surface area contributed by atoms with Crippen LogP contribution in [0, 0.1) is 0 Å². The number of ketones is 1. The third-order valence-corrected chi connectivity index (χ3v) is 3.06. The van der Waals surface area contributed by atoms with E-state index in [2.05, 4.69) is 11.8 Å². The summed E-state index contributed by atoms with van der Waals surface area (Å²) in [4.78, 5) is 13.7. The van der Waals surface area contributed by atoms with Crippen LogP contribution in [0.3, 0.4) is 0 Å². The Morgan fingerprint density at radius 1 is 1.36 bits per heavy atom. The molecule has 0 spiro atoms. The first kappa shape index (κ1) is 7.29. The minimum atomic E-state index is 0.488. The molecule has 2 heteroatoms. The van der Waals surface area contributed by atoms with E-state index in [0.29, 0.717) is 17.9 Å². The van der Waals surface area contributed by atoms with Gasteiger partial charge in [-0.15, -0.1) is 0 Å². The maximum atomic E-state index is 11.2. The molecular weight excluding hydrogens is 138 g/mol. The fraction of sp³-hybridized carbons (Fsp3) is 0.889. The van der Waals surface area contributed by atoms with Crippen molar-refractivity contribution in [3.63, 3.8) is 0 Å². The zero-order valence-corrected chi connectivity index (χ0v) is 7.05. The minimum Gasteiger partial charge on any atom is -0.300 e. The number of Topliss-reactive ketones (excluding diaryl/α,β-unsaturated/α-hetero) is 1. The van der Waals surface area contributed by atoms with E-state index in [4.69, 9.17) is 0 Å². The number of carbonyl (C=O) groups excluding carboxylic acids is 1. The maximum absolute atomic E-state index is 11.2. The quantitative estimate of drug-likeness (QED) is 0.564. The average Bonchev–Trinajstić information content (AvgIpc) is 2.23. The summed E-state index contributed by atoms with van der Waals surface area (Å²) in [5.41, 5.74) is 0. The van der Waals surface area contributed by atoms with Gasteiger partial charge in [-0.3, -0.25) is 9.69 Å².